The Labute approximate surface area is 118 Å². The van der Waals surface area contributed by atoms with Gasteiger partial charge in [0.1, 0.15) is 5.76 Å². The number of benzene rings is 1. The van der Waals surface area contributed by atoms with E-state index in [1.807, 2.05) is 0 Å². The number of sulfonamides is 1. The molecule has 1 fully saturated rings. The van der Waals surface area contributed by atoms with Crippen LogP contribution in [0.1, 0.15) is 18.6 Å². The van der Waals surface area contributed by atoms with Crippen LogP contribution in [0.25, 0.3) is 0 Å². The molecule has 0 aliphatic heterocycles. The monoisotopic (exact) mass is 292 g/mol. The van der Waals surface area contributed by atoms with E-state index in [-0.39, 0.29) is 17.5 Å². The Hall–Kier alpha value is -1.79. The van der Waals surface area contributed by atoms with Crippen molar-refractivity contribution in [3.05, 3.63) is 48.4 Å². The largest absolute Gasteiger partial charge is 0.468 e. The molecule has 0 radical (unpaired) electrons. The van der Waals surface area contributed by atoms with Crippen LogP contribution in [0.4, 0.5) is 5.69 Å². The maximum absolute atomic E-state index is 12.7. The number of nitrogen functional groups attached to an aromatic ring is 1. The van der Waals surface area contributed by atoms with Crippen LogP contribution in [0.15, 0.2) is 52.0 Å². The van der Waals surface area contributed by atoms with E-state index in [4.69, 9.17) is 10.2 Å². The molecule has 3 rings (SSSR count). The highest BCUT2D eigenvalue weighted by Crippen LogP contribution is 2.33. The molecule has 5 nitrogen and oxygen atoms in total. The SMILES string of the molecule is Nc1ccc(S(=O)(=O)N(Cc2ccco2)C2CC2)cc1. The molecule has 1 aromatic carbocycles. The van der Waals surface area contributed by atoms with Gasteiger partial charge in [0, 0.05) is 11.7 Å². The number of hydrogen-bond acceptors (Lipinski definition) is 4. The molecular formula is C14H16N2O3S. The summed E-state index contributed by atoms with van der Waals surface area (Å²) >= 11 is 0. The number of furan rings is 1. The Kier molecular flexibility index (Phi) is 3.27. The summed E-state index contributed by atoms with van der Waals surface area (Å²) in [6.45, 7) is 0.268. The molecule has 2 aromatic rings. The minimum atomic E-state index is -3.51. The zero-order chi connectivity index (χ0) is 14.2. The molecule has 1 heterocycles. The lowest BCUT2D eigenvalue weighted by atomic mass is 10.3. The van der Waals surface area contributed by atoms with Gasteiger partial charge in [-0.2, -0.15) is 4.31 Å². The van der Waals surface area contributed by atoms with Crippen molar-refractivity contribution >= 4 is 15.7 Å². The van der Waals surface area contributed by atoms with Gasteiger partial charge in [0.2, 0.25) is 10.0 Å². The molecular weight excluding hydrogens is 276 g/mol. The van der Waals surface area contributed by atoms with E-state index < -0.39 is 10.0 Å². The van der Waals surface area contributed by atoms with Gasteiger partial charge in [0.05, 0.1) is 17.7 Å². The lowest BCUT2D eigenvalue weighted by molar-refractivity contribution is 0.356. The first-order chi connectivity index (χ1) is 9.57. The molecule has 1 aromatic heterocycles. The second kappa shape index (κ2) is 4.96. The lowest BCUT2D eigenvalue weighted by Gasteiger charge is -2.20. The topological polar surface area (TPSA) is 76.5 Å². The standard InChI is InChI=1S/C14H16N2O3S/c15-11-3-7-14(8-4-11)20(17,18)16(12-5-6-12)10-13-2-1-9-19-13/h1-4,7-9,12H,5-6,10,15H2. The summed E-state index contributed by atoms with van der Waals surface area (Å²) in [6, 6.07) is 9.91. The molecule has 0 unspecified atom stereocenters. The number of rotatable bonds is 5. The third-order valence-corrected chi connectivity index (χ3v) is 5.25. The molecule has 1 saturated carbocycles. The van der Waals surface area contributed by atoms with Crippen molar-refractivity contribution < 1.29 is 12.8 Å². The van der Waals surface area contributed by atoms with Gasteiger partial charge in [0.25, 0.3) is 0 Å². The van der Waals surface area contributed by atoms with E-state index in [2.05, 4.69) is 0 Å². The van der Waals surface area contributed by atoms with Crippen LogP contribution in [-0.4, -0.2) is 18.8 Å². The predicted molar refractivity (Wildman–Crippen MR) is 75.3 cm³/mol. The van der Waals surface area contributed by atoms with Crippen LogP contribution in [0.5, 0.6) is 0 Å². The summed E-state index contributed by atoms with van der Waals surface area (Å²) in [5.41, 5.74) is 6.15. The molecule has 0 bridgehead atoms. The van der Waals surface area contributed by atoms with E-state index in [9.17, 15) is 8.42 Å². The Morgan fingerprint density at radius 3 is 2.45 bits per heavy atom. The van der Waals surface area contributed by atoms with E-state index in [1.165, 1.54) is 4.31 Å². The highest BCUT2D eigenvalue weighted by molar-refractivity contribution is 7.89. The first-order valence-electron chi connectivity index (χ1n) is 6.47. The normalized spacial score (nSPS) is 15.7. The molecule has 6 heteroatoms. The molecule has 20 heavy (non-hydrogen) atoms. The van der Waals surface area contributed by atoms with Gasteiger partial charge < -0.3 is 10.2 Å². The molecule has 0 amide bonds. The van der Waals surface area contributed by atoms with E-state index in [0.717, 1.165) is 12.8 Å². The first kappa shape index (κ1) is 13.2. The summed E-state index contributed by atoms with van der Waals surface area (Å²) in [5, 5.41) is 0. The van der Waals surface area contributed by atoms with Crippen molar-refractivity contribution in [1.82, 2.24) is 4.31 Å². The second-order valence-electron chi connectivity index (χ2n) is 4.93. The summed E-state index contributed by atoms with van der Waals surface area (Å²) in [4.78, 5) is 0.269. The van der Waals surface area contributed by atoms with Crippen LogP contribution in [0.2, 0.25) is 0 Å². The van der Waals surface area contributed by atoms with Crippen molar-refractivity contribution in [2.24, 2.45) is 0 Å². The van der Waals surface area contributed by atoms with Crippen molar-refractivity contribution in [2.45, 2.75) is 30.3 Å². The Balaban J connectivity index is 1.91. The first-order valence-corrected chi connectivity index (χ1v) is 7.91. The van der Waals surface area contributed by atoms with Gasteiger partial charge in [-0.1, -0.05) is 0 Å². The van der Waals surface area contributed by atoms with Crippen LogP contribution in [0, 0.1) is 0 Å². The highest BCUT2D eigenvalue weighted by atomic mass is 32.2. The van der Waals surface area contributed by atoms with Crippen molar-refractivity contribution in [3.8, 4) is 0 Å². The lowest BCUT2D eigenvalue weighted by Crippen LogP contribution is -2.32. The van der Waals surface area contributed by atoms with E-state index >= 15 is 0 Å². The van der Waals surface area contributed by atoms with Crippen molar-refractivity contribution in [1.29, 1.82) is 0 Å². The molecule has 0 spiro atoms. The van der Waals surface area contributed by atoms with Gasteiger partial charge in [-0.05, 0) is 49.2 Å². The minimum Gasteiger partial charge on any atom is -0.468 e. The van der Waals surface area contributed by atoms with Crippen LogP contribution in [-0.2, 0) is 16.6 Å². The third kappa shape index (κ3) is 2.57. The van der Waals surface area contributed by atoms with Crippen LogP contribution in [0.3, 0.4) is 0 Å². The van der Waals surface area contributed by atoms with Crippen molar-refractivity contribution in [2.75, 3.05) is 5.73 Å². The van der Waals surface area contributed by atoms with Gasteiger partial charge in [-0.25, -0.2) is 8.42 Å². The fourth-order valence-corrected chi connectivity index (χ4v) is 3.76. The van der Waals surface area contributed by atoms with Crippen LogP contribution >= 0.6 is 0 Å². The molecule has 1 aliphatic carbocycles. The van der Waals surface area contributed by atoms with Crippen molar-refractivity contribution in [3.63, 3.8) is 0 Å². The zero-order valence-corrected chi connectivity index (χ0v) is 11.7. The average molecular weight is 292 g/mol. The van der Waals surface area contributed by atoms with E-state index in [0.29, 0.717) is 11.4 Å². The molecule has 0 atom stereocenters. The quantitative estimate of drug-likeness (QED) is 0.857. The Bertz CT molecular complexity index is 674. The number of nitrogens with two attached hydrogens (primary N) is 1. The Morgan fingerprint density at radius 1 is 1.20 bits per heavy atom. The third-order valence-electron chi connectivity index (χ3n) is 3.33. The number of anilines is 1. The fraction of sp³-hybridized carbons (Fsp3) is 0.286. The maximum atomic E-state index is 12.7. The molecule has 1 aliphatic rings. The summed E-state index contributed by atoms with van der Waals surface area (Å²) in [5.74, 6) is 0.649. The van der Waals surface area contributed by atoms with Gasteiger partial charge in [-0.15, -0.1) is 0 Å². The fourth-order valence-electron chi connectivity index (χ4n) is 2.10. The zero-order valence-electron chi connectivity index (χ0n) is 10.9. The predicted octanol–water partition coefficient (Wildman–Crippen LogP) is 2.22. The molecule has 0 saturated heterocycles. The smallest absolute Gasteiger partial charge is 0.243 e. The van der Waals surface area contributed by atoms with E-state index in [1.54, 1.807) is 42.7 Å². The highest BCUT2D eigenvalue weighted by Gasteiger charge is 2.38. The van der Waals surface area contributed by atoms with Crippen LogP contribution < -0.4 is 5.73 Å². The number of hydrogen-bond donors (Lipinski definition) is 1. The Morgan fingerprint density at radius 2 is 1.90 bits per heavy atom. The summed E-state index contributed by atoms with van der Waals surface area (Å²) in [6.07, 6.45) is 3.35. The maximum Gasteiger partial charge on any atom is 0.243 e. The number of nitrogens with zero attached hydrogens (tertiary/aromatic N) is 1. The van der Waals surface area contributed by atoms with Gasteiger partial charge in [-0.3, -0.25) is 0 Å². The van der Waals surface area contributed by atoms with Gasteiger partial charge >= 0.3 is 0 Å². The average Bonchev–Trinajstić information content (AvgIpc) is 3.12. The second-order valence-corrected chi connectivity index (χ2v) is 6.82. The molecule has 106 valence electrons. The molecule has 2 N–H and O–H groups in total. The van der Waals surface area contributed by atoms with Gasteiger partial charge in [0.15, 0.2) is 0 Å². The minimum absolute atomic E-state index is 0.0719. The summed E-state index contributed by atoms with van der Waals surface area (Å²) in [7, 11) is -3.51. The summed E-state index contributed by atoms with van der Waals surface area (Å²) < 4.78 is 32.2.